The molecule has 0 bridgehead atoms. The van der Waals surface area contributed by atoms with Crippen LogP contribution in [0.15, 0.2) is 23.7 Å². The zero-order valence-corrected chi connectivity index (χ0v) is 14.5. The largest absolute Gasteiger partial charge is 0.367 e. The molecule has 2 aromatic heterocycles. The molecule has 1 atom stereocenters. The van der Waals surface area contributed by atoms with Gasteiger partial charge in [-0.1, -0.05) is 0 Å². The molecule has 1 aliphatic heterocycles. The minimum atomic E-state index is 0.352. The summed E-state index contributed by atoms with van der Waals surface area (Å²) >= 11 is 0. The van der Waals surface area contributed by atoms with Crippen LogP contribution in [0.25, 0.3) is 0 Å². The van der Waals surface area contributed by atoms with Crippen molar-refractivity contribution in [3.05, 3.63) is 24.5 Å². The number of hydrogen-bond acceptors (Lipinski definition) is 5. The Morgan fingerprint density at radius 1 is 1.38 bits per heavy atom. The van der Waals surface area contributed by atoms with E-state index in [1.807, 2.05) is 25.0 Å². The number of aliphatic imine (C=N–C) groups is 1. The zero-order valence-electron chi connectivity index (χ0n) is 14.5. The lowest BCUT2D eigenvalue weighted by atomic mass is 10.1. The Balaban J connectivity index is 1.54. The van der Waals surface area contributed by atoms with Crippen molar-refractivity contribution >= 4 is 11.6 Å². The highest BCUT2D eigenvalue weighted by molar-refractivity contribution is 5.80. The SMILES string of the molecule is CN=C(NCc1ncnn1C)NC1CCCN(c2cnn(C)c2)C1. The Kier molecular flexibility index (Phi) is 4.97. The van der Waals surface area contributed by atoms with E-state index >= 15 is 0 Å². The summed E-state index contributed by atoms with van der Waals surface area (Å²) in [5.41, 5.74) is 1.17. The van der Waals surface area contributed by atoms with Crippen LogP contribution in [0, 0.1) is 0 Å². The van der Waals surface area contributed by atoms with Crippen molar-refractivity contribution in [1.29, 1.82) is 0 Å². The van der Waals surface area contributed by atoms with E-state index in [9.17, 15) is 0 Å². The number of aryl methyl sites for hydroxylation is 2. The van der Waals surface area contributed by atoms with Crippen LogP contribution >= 0.6 is 0 Å². The molecule has 2 N–H and O–H groups in total. The fourth-order valence-electron chi connectivity index (χ4n) is 2.93. The molecular formula is C15H25N9. The first kappa shape index (κ1) is 16.3. The third kappa shape index (κ3) is 3.84. The van der Waals surface area contributed by atoms with E-state index in [2.05, 4.69) is 41.9 Å². The van der Waals surface area contributed by atoms with E-state index in [0.29, 0.717) is 12.6 Å². The van der Waals surface area contributed by atoms with E-state index in [-0.39, 0.29) is 0 Å². The second-order valence-electron chi connectivity index (χ2n) is 6.03. The number of piperidine rings is 1. The van der Waals surface area contributed by atoms with E-state index in [1.54, 1.807) is 18.1 Å². The molecular weight excluding hydrogens is 306 g/mol. The molecule has 0 spiro atoms. The standard InChI is InChI=1S/C15H25N9/c1-16-15(17-8-14-18-11-20-23(14)3)21-12-5-4-6-24(9-12)13-7-19-22(2)10-13/h7,10-12H,4-6,8-9H2,1-3H3,(H2,16,17,21). The molecule has 2 aromatic rings. The van der Waals surface area contributed by atoms with Gasteiger partial charge in [-0.05, 0) is 12.8 Å². The van der Waals surface area contributed by atoms with E-state index in [4.69, 9.17) is 0 Å². The van der Waals surface area contributed by atoms with Gasteiger partial charge in [-0.3, -0.25) is 14.4 Å². The lowest BCUT2D eigenvalue weighted by Crippen LogP contribution is -2.51. The van der Waals surface area contributed by atoms with Crippen molar-refractivity contribution in [2.24, 2.45) is 19.1 Å². The quantitative estimate of drug-likeness (QED) is 0.600. The molecule has 24 heavy (non-hydrogen) atoms. The van der Waals surface area contributed by atoms with Crippen molar-refractivity contribution in [3.8, 4) is 0 Å². The molecule has 3 rings (SSSR count). The summed E-state index contributed by atoms with van der Waals surface area (Å²) in [7, 11) is 5.61. The third-order valence-corrected chi connectivity index (χ3v) is 4.26. The maximum atomic E-state index is 4.32. The first-order chi connectivity index (χ1) is 11.7. The van der Waals surface area contributed by atoms with Crippen LogP contribution in [0.1, 0.15) is 18.7 Å². The summed E-state index contributed by atoms with van der Waals surface area (Å²) in [5.74, 6) is 1.66. The van der Waals surface area contributed by atoms with Gasteiger partial charge in [0, 0.05) is 46.5 Å². The summed E-state index contributed by atoms with van der Waals surface area (Å²) < 4.78 is 3.60. The highest BCUT2D eigenvalue weighted by Gasteiger charge is 2.21. The second kappa shape index (κ2) is 7.33. The van der Waals surface area contributed by atoms with Gasteiger partial charge in [0.2, 0.25) is 0 Å². The van der Waals surface area contributed by atoms with Gasteiger partial charge in [-0.25, -0.2) is 4.98 Å². The van der Waals surface area contributed by atoms with Crippen molar-refractivity contribution in [1.82, 2.24) is 35.2 Å². The molecule has 9 nitrogen and oxygen atoms in total. The number of anilines is 1. The van der Waals surface area contributed by atoms with Crippen molar-refractivity contribution in [2.45, 2.75) is 25.4 Å². The molecule has 130 valence electrons. The predicted octanol–water partition coefficient (Wildman–Crippen LogP) is -0.117. The number of nitrogens with zero attached hydrogens (tertiary/aromatic N) is 7. The summed E-state index contributed by atoms with van der Waals surface area (Å²) in [6.45, 7) is 2.60. The van der Waals surface area contributed by atoms with Crippen molar-refractivity contribution in [2.75, 3.05) is 25.0 Å². The number of aromatic nitrogens is 5. The highest BCUT2D eigenvalue weighted by Crippen LogP contribution is 2.18. The van der Waals surface area contributed by atoms with Crippen molar-refractivity contribution in [3.63, 3.8) is 0 Å². The molecule has 0 aliphatic carbocycles. The van der Waals surface area contributed by atoms with Gasteiger partial charge in [0.15, 0.2) is 5.96 Å². The smallest absolute Gasteiger partial charge is 0.191 e. The molecule has 1 unspecified atom stereocenters. The summed E-state index contributed by atoms with van der Waals surface area (Å²) in [6.07, 6.45) is 7.81. The minimum Gasteiger partial charge on any atom is -0.367 e. The fourth-order valence-corrected chi connectivity index (χ4v) is 2.93. The van der Waals surface area contributed by atoms with Gasteiger partial charge in [0.25, 0.3) is 0 Å². The van der Waals surface area contributed by atoms with E-state index in [1.165, 1.54) is 5.69 Å². The molecule has 0 aromatic carbocycles. The Labute approximate surface area is 141 Å². The fraction of sp³-hybridized carbons (Fsp3) is 0.600. The van der Waals surface area contributed by atoms with Gasteiger partial charge < -0.3 is 15.5 Å². The first-order valence-electron chi connectivity index (χ1n) is 8.19. The molecule has 1 saturated heterocycles. The van der Waals surface area contributed by atoms with E-state index < -0.39 is 0 Å². The molecule has 1 fully saturated rings. The number of nitrogens with one attached hydrogen (secondary N) is 2. The normalized spacial score (nSPS) is 18.7. The maximum Gasteiger partial charge on any atom is 0.191 e. The average Bonchev–Trinajstić information content (AvgIpc) is 3.20. The van der Waals surface area contributed by atoms with Crippen LogP contribution in [-0.4, -0.2) is 56.7 Å². The molecule has 9 heteroatoms. The van der Waals surface area contributed by atoms with Gasteiger partial charge >= 0.3 is 0 Å². The summed E-state index contributed by atoms with van der Waals surface area (Å²) in [4.78, 5) is 10.9. The van der Waals surface area contributed by atoms with Crippen LogP contribution in [0.2, 0.25) is 0 Å². The summed E-state index contributed by atoms with van der Waals surface area (Å²) in [5, 5.41) is 15.1. The third-order valence-electron chi connectivity index (χ3n) is 4.26. The van der Waals surface area contributed by atoms with Crippen LogP contribution in [0.4, 0.5) is 5.69 Å². The van der Waals surface area contributed by atoms with Gasteiger partial charge in [-0.15, -0.1) is 0 Å². The average molecular weight is 331 g/mol. The topological polar surface area (TPSA) is 88.2 Å². The minimum absolute atomic E-state index is 0.352. The first-order valence-corrected chi connectivity index (χ1v) is 8.19. The highest BCUT2D eigenvalue weighted by atomic mass is 15.3. The summed E-state index contributed by atoms with van der Waals surface area (Å²) in [6, 6.07) is 0.352. The number of rotatable bonds is 4. The molecule has 1 aliphatic rings. The number of hydrogen-bond donors (Lipinski definition) is 2. The Morgan fingerprint density at radius 2 is 2.25 bits per heavy atom. The van der Waals surface area contributed by atoms with Crippen molar-refractivity contribution < 1.29 is 0 Å². The van der Waals surface area contributed by atoms with E-state index in [0.717, 1.165) is 37.7 Å². The van der Waals surface area contributed by atoms with Crippen LogP contribution in [-0.2, 0) is 20.6 Å². The monoisotopic (exact) mass is 331 g/mol. The maximum absolute atomic E-state index is 4.32. The lowest BCUT2D eigenvalue weighted by Gasteiger charge is -2.34. The van der Waals surface area contributed by atoms with Crippen LogP contribution in [0.3, 0.4) is 0 Å². The molecule has 0 saturated carbocycles. The van der Waals surface area contributed by atoms with Gasteiger partial charge in [0.05, 0.1) is 18.4 Å². The lowest BCUT2D eigenvalue weighted by molar-refractivity contribution is 0.467. The predicted molar refractivity (Wildman–Crippen MR) is 92.8 cm³/mol. The van der Waals surface area contributed by atoms with Crippen LogP contribution in [0.5, 0.6) is 0 Å². The zero-order chi connectivity index (χ0) is 16.9. The second-order valence-corrected chi connectivity index (χ2v) is 6.03. The Hall–Kier alpha value is -2.58. The number of guanidine groups is 1. The molecule has 0 amide bonds. The Morgan fingerprint density at radius 3 is 2.92 bits per heavy atom. The van der Waals surface area contributed by atoms with Gasteiger partial charge in [-0.2, -0.15) is 10.2 Å². The molecule has 0 radical (unpaired) electrons. The van der Waals surface area contributed by atoms with Gasteiger partial charge in [0.1, 0.15) is 12.2 Å². The van der Waals surface area contributed by atoms with Crippen LogP contribution < -0.4 is 15.5 Å². The molecule has 3 heterocycles. The Bertz CT molecular complexity index is 687.